The Morgan fingerprint density at radius 1 is 1.35 bits per heavy atom. The third-order valence-corrected chi connectivity index (χ3v) is 4.01. The summed E-state index contributed by atoms with van der Waals surface area (Å²) < 4.78 is 1.84. The van der Waals surface area contributed by atoms with E-state index in [1.807, 2.05) is 52.3 Å². The Morgan fingerprint density at radius 3 is 2.91 bits per heavy atom. The van der Waals surface area contributed by atoms with Gasteiger partial charge in [0, 0.05) is 25.8 Å². The topological polar surface area (TPSA) is 70.4 Å². The Kier molecular flexibility index (Phi) is 5.05. The van der Waals surface area contributed by atoms with E-state index in [1.54, 1.807) is 0 Å². The van der Waals surface area contributed by atoms with Gasteiger partial charge in [-0.25, -0.2) is 4.68 Å². The molecule has 2 heterocycles. The number of carbonyl (C=O) groups is 1. The Bertz CT molecular complexity index is 641. The standard InChI is InChI=1S/C17H22N4O2/c22-16-7-9-20(12-16)13-17(23)18-8-6-14-10-19-21(11-14)15-4-2-1-3-5-15/h1-5,10-11,16,22H,6-9,12-13H2,(H,18,23)/t16-/m1/s1. The molecule has 2 N–H and O–H groups in total. The van der Waals surface area contributed by atoms with Crippen molar-refractivity contribution >= 4 is 5.91 Å². The molecule has 0 saturated carbocycles. The first-order chi connectivity index (χ1) is 11.2. The fourth-order valence-electron chi connectivity index (χ4n) is 2.77. The van der Waals surface area contributed by atoms with Crippen LogP contribution in [0, 0.1) is 0 Å². The summed E-state index contributed by atoms with van der Waals surface area (Å²) in [5, 5.41) is 16.7. The highest BCUT2D eigenvalue weighted by atomic mass is 16.3. The van der Waals surface area contributed by atoms with Crippen molar-refractivity contribution in [3.8, 4) is 5.69 Å². The fraction of sp³-hybridized carbons (Fsp3) is 0.412. The van der Waals surface area contributed by atoms with E-state index < -0.39 is 0 Å². The summed E-state index contributed by atoms with van der Waals surface area (Å²) in [6.07, 6.45) is 5.04. The van der Waals surface area contributed by atoms with Gasteiger partial charge in [0.2, 0.25) is 5.91 Å². The average molecular weight is 314 g/mol. The number of benzene rings is 1. The van der Waals surface area contributed by atoms with Crippen LogP contribution in [0.15, 0.2) is 42.7 Å². The van der Waals surface area contributed by atoms with Gasteiger partial charge in [-0.1, -0.05) is 18.2 Å². The molecular weight excluding hydrogens is 292 g/mol. The largest absolute Gasteiger partial charge is 0.392 e. The first kappa shape index (κ1) is 15.7. The van der Waals surface area contributed by atoms with E-state index in [0.29, 0.717) is 19.6 Å². The summed E-state index contributed by atoms with van der Waals surface area (Å²) >= 11 is 0. The van der Waals surface area contributed by atoms with E-state index in [0.717, 1.165) is 30.6 Å². The van der Waals surface area contributed by atoms with Crippen LogP contribution in [0.1, 0.15) is 12.0 Å². The molecule has 2 aromatic rings. The van der Waals surface area contributed by atoms with E-state index >= 15 is 0 Å². The summed E-state index contributed by atoms with van der Waals surface area (Å²) in [4.78, 5) is 13.8. The number of nitrogens with zero attached hydrogens (tertiary/aromatic N) is 3. The number of aliphatic hydroxyl groups excluding tert-OH is 1. The Balaban J connectivity index is 1.42. The highest BCUT2D eigenvalue weighted by Crippen LogP contribution is 2.08. The van der Waals surface area contributed by atoms with Crippen molar-refractivity contribution in [2.75, 3.05) is 26.2 Å². The van der Waals surface area contributed by atoms with Gasteiger partial charge >= 0.3 is 0 Å². The van der Waals surface area contributed by atoms with Gasteiger partial charge in [0.05, 0.1) is 24.5 Å². The van der Waals surface area contributed by atoms with E-state index in [9.17, 15) is 9.90 Å². The van der Waals surface area contributed by atoms with Gasteiger partial charge in [-0.15, -0.1) is 0 Å². The molecule has 1 aromatic carbocycles. The van der Waals surface area contributed by atoms with Crippen LogP contribution in [0.5, 0.6) is 0 Å². The molecule has 6 heteroatoms. The lowest BCUT2D eigenvalue weighted by Crippen LogP contribution is -2.37. The number of aliphatic hydroxyl groups is 1. The molecule has 1 fully saturated rings. The molecule has 3 rings (SSSR count). The van der Waals surface area contributed by atoms with Gasteiger partial charge in [0.1, 0.15) is 0 Å². The number of para-hydroxylation sites is 1. The highest BCUT2D eigenvalue weighted by molar-refractivity contribution is 5.78. The smallest absolute Gasteiger partial charge is 0.234 e. The first-order valence-electron chi connectivity index (χ1n) is 7.97. The van der Waals surface area contributed by atoms with E-state index in [1.165, 1.54) is 0 Å². The predicted molar refractivity (Wildman–Crippen MR) is 87.3 cm³/mol. The lowest BCUT2D eigenvalue weighted by atomic mass is 10.2. The van der Waals surface area contributed by atoms with E-state index in [4.69, 9.17) is 0 Å². The molecule has 0 aliphatic carbocycles. The van der Waals surface area contributed by atoms with Crippen molar-refractivity contribution in [3.63, 3.8) is 0 Å². The first-order valence-corrected chi connectivity index (χ1v) is 7.97. The SMILES string of the molecule is O=C(CN1CC[C@@H](O)C1)NCCc1cnn(-c2ccccc2)c1. The van der Waals surface area contributed by atoms with Crippen molar-refractivity contribution in [2.45, 2.75) is 18.9 Å². The normalized spacial score (nSPS) is 18.2. The van der Waals surface area contributed by atoms with Crippen LogP contribution in [-0.2, 0) is 11.2 Å². The number of aromatic nitrogens is 2. The molecule has 1 atom stereocenters. The van der Waals surface area contributed by atoms with Crippen LogP contribution in [-0.4, -0.2) is 58.0 Å². The monoisotopic (exact) mass is 314 g/mol. The molecule has 1 saturated heterocycles. The quantitative estimate of drug-likeness (QED) is 0.819. The molecule has 0 bridgehead atoms. The number of likely N-dealkylation sites (tertiary alicyclic amines) is 1. The van der Waals surface area contributed by atoms with Crippen molar-refractivity contribution in [2.24, 2.45) is 0 Å². The van der Waals surface area contributed by atoms with Crippen LogP contribution in [0.3, 0.4) is 0 Å². The summed E-state index contributed by atoms with van der Waals surface area (Å²) in [7, 11) is 0. The zero-order valence-electron chi connectivity index (χ0n) is 13.1. The van der Waals surface area contributed by atoms with Crippen molar-refractivity contribution in [1.29, 1.82) is 0 Å². The van der Waals surface area contributed by atoms with Gasteiger partial charge in [0.15, 0.2) is 0 Å². The summed E-state index contributed by atoms with van der Waals surface area (Å²) in [5.41, 5.74) is 2.11. The van der Waals surface area contributed by atoms with Crippen LogP contribution in [0.2, 0.25) is 0 Å². The number of hydrogen-bond acceptors (Lipinski definition) is 4. The second-order valence-corrected chi connectivity index (χ2v) is 5.91. The van der Waals surface area contributed by atoms with Gasteiger partial charge in [-0.2, -0.15) is 5.10 Å². The molecule has 1 aliphatic heterocycles. The third-order valence-electron chi connectivity index (χ3n) is 4.01. The Hall–Kier alpha value is -2.18. The molecular formula is C17H22N4O2. The van der Waals surface area contributed by atoms with Crippen LogP contribution in [0.25, 0.3) is 5.69 Å². The maximum Gasteiger partial charge on any atom is 0.234 e. The molecule has 23 heavy (non-hydrogen) atoms. The zero-order chi connectivity index (χ0) is 16.1. The van der Waals surface area contributed by atoms with Crippen LogP contribution < -0.4 is 5.32 Å². The van der Waals surface area contributed by atoms with Crippen LogP contribution in [0.4, 0.5) is 0 Å². The predicted octanol–water partition coefficient (Wildman–Crippen LogP) is 0.598. The maximum atomic E-state index is 11.9. The second kappa shape index (κ2) is 7.39. The number of nitrogens with one attached hydrogen (secondary N) is 1. The van der Waals surface area contributed by atoms with Crippen molar-refractivity contribution in [1.82, 2.24) is 20.0 Å². The Labute approximate surface area is 135 Å². The van der Waals surface area contributed by atoms with Gasteiger partial charge < -0.3 is 10.4 Å². The number of hydrogen-bond donors (Lipinski definition) is 2. The minimum Gasteiger partial charge on any atom is -0.392 e. The summed E-state index contributed by atoms with van der Waals surface area (Å²) in [6, 6.07) is 9.94. The molecule has 1 aliphatic rings. The Morgan fingerprint density at radius 2 is 2.17 bits per heavy atom. The molecule has 122 valence electrons. The lowest BCUT2D eigenvalue weighted by molar-refractivity contribution is -0.122. The number of rotatable bonds is 6. The summed E-state index contributed by atoms with van der Waals surface area (Å²) in [5.74, 6) is 0.00884. The molecule has 1 amide bonds. The molecule has 0 unspecified atom stereocenters. The van der Waals surface area contributed by atoms with Gasteiger partial charge in [-0.3, -0.25) is 9.69 Å². The van der Waals surface area contributed by atoms with Crippen LogP contribution >= 0.6 is 0 Å². The molecule has 0 radical (unpaired) electrons. The maximum absolute atomic E-state index is 11.9. The average Bonchev–Trinajstić information content (AvgIpc) is 3.17. The van der Waals surface area contributed by atoms with E-state index in [-0.39, 0.29) is 12.0 Å². The zero-order valence-corrected chi connectivity index (χ0v) is 13.1. The van der Waals surface area contributed by atoms with Gasteiger partial charge in [-0.05, 0) is 30.5 Å². The highest BCUT2D eigenvalue weighted by Gasteiger charge is 2.21. The number of carbonyl (C=O) groups excluding carboxylic acids is 1. The lowest BCUT2D eigenvalue weighted by Gasteiger charge is -2.14. The second-order valence-electron chi connectivity index (χ2n) is 5.91. The molecule has 1 aromatic heterocycles. The number of β-amino-alcohol motifs (C(OH)–C–C–N with tert-alkyl or cyclic N) is 1. The number of amides is 1. The van der Waals surface area contributed by atoms with Crippen molar-refractivity contribution in [3.05, 3.63) is 48.3 Å². The van der Waals surface area contributed by atoms with E-state index in [2.05, 4.69) is 10.4 Å². The third kappa shape index (κ3) is 4.40. The van der Waals surface area contributed by atoms with Gasteiger partial charge in [0.25, 0.3) is 0 Å². The minimum absolute atomic E-state index is 0.00884. The molecule has 6 nitrogen and oxygen atoms in total. The minimum atomic E-state index is -0.286. The van der Waals surface area contributed by atoms with Crippen molar-refractivity contribution < 1.29 is 9.90 Å². The fourth-order valence-corrected chi connectivity index (χ4v) is 2.77. The summed E-state index contributed by atoms with van der Waals surface area (Å²) in [6.45, 7) is 2.34. The molecule has 0 spiro atoms.